The molecule has 1 amide bonds. The number of anilines is 1. The average molecular weight is 447 g/mol. The first-order valence-electron chi connectivity index (χ1n) is 9.22. The van der Waals surface area contributed by atoms with E-state index in [4.69, 9.17) is 11.6 Å². The lowest BCUT2D eigenvalue weighted by Crippen LogP contribution is -2.30. The summed E-state index contributed by atoms with van der Waals surface area (Å²) < 4.78 is 41.8. The van der Waals surface area contributed by atoms with E-state index in [1.165, 1.54) is 4.31 Å². The van der Waals surface area contributed by atoms with Gasteiger partial charge in [-0.25, -0.2) is 12.8 Å². The van der Waals surface area contributed by atoms with Crippen LogP contribution >= 0.6 is 11.6 Å². The second-order valence-corrected chi connectivity index (χ2v) is 8.89. The Bertz CT molecular complexity index is 1140. The van der Waals surface area contributed by atoms with Gasteiger partial charge in [0.15, 0.2) is 0 Å². The van der Waals surface area contributed by atoms with Gasteiger partial charge >= 0.3 is 0 Å². The van der Waals surface area contributed by atoms with E-state index in [0.717, 1.165) is 23.8 Å². The quantitative estimate of drug-likeness (QED) is 0.558. The number of sulfonamides is 1. The van der Waals surface area contributed by atoms with Crippen molar-refractivity contribution < 1.29 is 17.6 Å². The van der Waals surface area contributed by atoms with Crippen molar-refractivity contribution in [2.45, 2.75) is 18.4 Å². The second-order valence-electron chi connectivity index (χ2n) is 6.52. The summed E-state index contributed by atoms with van der Waals surface area (Å²) in [5.41, 5.74) is 0.879. The third-order valence-corrected chi connectivity index (χ3v) is 6.65. The number of carbonyl (C=O) groups is 1. The number of benzene rings is 3. The van der Waals surface area contributed by atoms with Crippen LogP contribution in [-0.2, 0) is 16.6 Å². The van der Waals surface area contributed by atoms with Gasteiger partial charge in [0.25, 0.3) is 5.91 Å². The van der Waals surface area contributed by atoms with Crippen LogP contribution in [0.2, 0.25) is 5.02 Å². The van der Waals surface area contributed by atoms with Gasteiger partial charge in [0.1, 0.15) is 5.82 Å². The highest BCUT2D eigenvalue weighted by atomic mass is 35.5. The van der Waals surface area contributed by atoms with Gasteiger partial charge in [0.05, 0.1) is 10.5 Å². The summed E-state index contributed by atoms with van der Waals surface area (Å²) in [5.74, 6) is -1.57. The molecule has 0 aromatic heterocycles. The van der Waals surface area contributed by atoms with Gasteiger partial charge in [-0.05, 0) is 48.0 Å². The molecular formula is C22H20ClFN2O3S. The van der Waals surface area contributed by atoms with Crippen molar-refractivity contribution in [3.05, 3.63) is 94.8 Å². The lowest BCUT2D eigenvalue weighted by molar-refractivity contribution is 0.102. The maximum absolute atomic E-state index is 14.3. The molecule has 0 fully saturated rings. The number of halogens is 2. The summed E-state index contributed by atoms with van der Waals surface area (Å²) >= 11 is 5.82. The Morgan fingerprint density at radius 1 is 1.03 bits per heavy atom. The maximum atomic E-state index is 14.3. The Labute approximate surface area is 180 Å². The van der Waals surface area contributed by atoms with Crippen molar-refractivity contribution in [3.63, 3.8) is 0 Å². The molecule has 30 heavy (non-hydrogen) atoms. The molecule has 1 N–H and O–H groups in total. The van der Waals surface area contributed by atoms with Gasteiger partial charge in [-0.1, -0.05) is 48.9 Å². The highest BCUT2D eigenvalue weighted by Crippen LogP contribution is 2.22. The van der Waals surface area contributed by atoms with Gasteiger partial charge in [-0.2, -0.15) is 4.31 Å². The van der Waals surface area contributed by atoms with E-state index in [1.54, 1.807) is 31.2 Å². The predicted molar refractivity (Wildman–Crippen MR) is 116 cm³/mol. The van der Waals surface area contributed by atoms with Crippen LogP contribution in [0.5, 0.6) is 0 Å². The van der Waals surface area contributed by atoms with E-state index in [0.29, 0.717) is 10.7 Å². The number of nitrogens with one attached hydrogen (secondary N) is 1. The third kappa shape index (κ3) is 5.05. The highest BCUT2D eigenvalue weighted by Gasteiger charge is 2.25. The van der Waals surface area contributed by atoms with Crippen molar-refractivity contribution in [2.75, 3.05) is 11.9 Å². The number of nitrogens with zero attached hydrogens (tertiary/aromatic N) is 1. The minimum absolute atomic E-state index is 0.150. The fourth-order valence-electron chi connectivity index (χ4n) is 2.87. The summed E-state index contributed by atoms with van der Waals surface area (Å²) in [6.07, 6.45) is 0. The van der Waals surface area contributed by atoms with Gasteiger partial charge in [-0.15, -0.1) is 0 Å². The fourth-order valence-corrected chi connectivity index (χ4v) is 4.46. The average Bonchev–Trinajstić information content (AvgIpc) is 2.74. The van der Waals surface area contributed by atoms with E-state index < -0.39 is 21.7 Å². The summed E-state index contributed by atoms with van der Waals surface area (Å²) in [4.78, 5) is 12.4. The molecular weight excluding hydrogens is 427 g/mol. The number of rotatable bonds is 7. The van der Waals surface area contributed by atoms with Crippen LogP contribution < -0.4 is 5.32 Å². The zero-order chi connectivity index (χ0) is 21.7. The first-order chi connectivity index (χ1) is 14.3. The van der Waals surface area contributed by atoms with Crippen molar-refractivity contribution in [1.29, 1.82) is 0 Å². The molecule has 3 aromatic carbocycles. The normalized spacial score (nSPS) is 11.5. The fraction of sp³-hybridized carbons (Fsp3) is 0.136. The molecule has 156 valence electrons. The third-order valence-electron chi connectivity index (χ3n) is 4.48. The van der Waals surface area contributed by atoms with Crippen LogP contribution in [0.25, 0.3) is 0 Å². The highest BCUT2D eigenvalue weighted by molar-refractivity contribution is 7.89. The molecule has 0 saturated heterocycles. The Morgan fingerprint density at radius 2 is 1.70 bits per heavy atom. The first kappa shape index (κ1) is 22.0. The molecule has 0 aliphatic carbocycles. The molecule has 0 bridgehead atoms. The van der Waals surface area contributed by atoms with E-state index >= 15 is 0 Å². The van der Waals surface area contributed by atoms with Crippen LogP contribution in [0.4, 0.5) is 10.1 Å². The van der Waals surface area contributed by atoms with Crippen molar-refractivity contribution in [2.24, 2.45) is 0 Å². The van der Waals surface area contributed by atoms with Gasteiger partial charge < -0.3 is 5.32 Å². The first-order valence-corrected chi connectivity index (χ1v) is 11.0. The number of amides is 1. The molecule has 3 aromatic rings. The Morgan fingerprint density at radius 3 is 2.33 bits per heavy atom. The zero-order valence-corrected chi connectivity index (χ0v) is 17.8. The molecule has 3 rings (SSSR count). The molecule has 0 aliphatic rings. The van der Waals surface area contributed by atoms with Crippen molar-refractivity contribution >= 4 is 33.2 Å². The van der Waals surface area contributed by atoms with Crippen LogP contribution in [-0.4, -0.2) is 25.2 Å². The molecule has 0 atom stereocenters. The number of hydrogen-bond acceptors (Lipinski definition) is 3. The lowest BCUT2D eigenvalue weighted by atomic mass is 10.2. The molecule has 0 unspecified atom stereocenters. The van der Waals surface area contributed by atoms with Crippen LogP contribution in [0, 0.1) is 5.82 Å². The molecule has 0 radical (unpaired) electrons. The maximum Gasteiger partial charge on any atom is 0.258 e. The van der Waals surface area contributed by atoms with Crippen LogP contribution in [0.3, 0.4) is 0 Å². The smallest absolute Gasteiger partial charge is 0.258 e. The Hall–Kier alpha value is -2.74. The van der Waals surface area contributed by atoms with Gasteiger partial charge in [0, 0.05) is 23.8 Å². The monoisotopic (exact) mass is 446 g/mol. The van der Waals surface area contributed by atoms with E-state index in [2.05, 4.69) is 5.32 Å². The Balaban J connectivity index is 1.88. The summed E-state index contributed by atoms with van der Waals surface area (Å²) in [5, 5.41) is 3.03. The standard InChI is InChI=1S/C22H20ClFN2O3S/c1-2-26(15-16-6-4-3-5-7-16)30(28,29)19-12-13-21(24)20(14-19)22(27)25-18-10-8-17(23)9-11-18/h3-14H,2,15H2,1H3,(H,25,27). The molecule has 0 saturated carbocycles. The van der Waals surface area contributed by atoms with Gasteiger partial charge in [0.2, 0.25) is 10.0 Å². The van der Waals surface area contributed by atoms with E-state index in [1.807, 2.05) is 30.3 Å². The molecule has 8 heteroatoms. The minimum atomic E-state index is -3.93. The van der Waals surface area contributed by atoms with Crippen LogP contribution in [0.15, 0.2) is 77.7 Å². The second kappa shape index (κ2) is 9.38. The summed E-state index contributed by atoms with van der Waals surface area (Å²) in [7, 11) is -3.93. The lowest BCUT2D eigenvalue weighted by Gasteiger charge is -2.21. The van der Waals surface area contributed by atoms with Gasteiger partial charge in [-0.3, -0.25) is 4.79 Å². The largest absolute Gasteiger partial charge is 0.322 e. The van der Waals surface area contributed by atoms with Crippen molar-refractivity contribution in [1.82, 2.24) is 4.31 Å². The zero-order valence-electron chi connectivity index (χ0n) is 16.2. The summed E-state index contributed by atoms with van der Waals surface area (Å²) in [6.45, 7) is 2.11. The van der Waals surface area contributed by atoms with Crippen molar-refractivity contribution in [3.8, 4) is 0 Å². The number of carbonyl (C=O) groups excluding carboxylic acids is 1. The predicted octanol–water partition coefficient (Wildman–Crippen LogP) is 4.94. The van der Waals surface area contributed by atoms with Crippen LogP contribution in [0.1, 0.15) is 22.8 Å². The SMILES string of the molecule is CCN(Cc1ccccc1)S(=O)(=O)c1ccc(F)c(C(=O)Nc2ccc(Cl)cc2)c1. The molecule has 0 aliphatic heterocycles. The number of hydrogen-bond donors (Lipinski definition) is 1. The topological polar surface area (TPSA) is 66.5 Å². The molecule has 5 nitrogen and oxygen atoms in total. The van der Waals surface area contributed by atoms with E-state index in [-0.39, 0.29) is 23.5 Å². The summed E-state index contributed by atoms with van der Waals surface area (Å²) in [6, 6.07) is 18.7. The molecule has 0 heterocycles. The Kier molecular flexibility index (Phi) is 6.87. The van der Waals surface area contributed by atoms with E-state index in [9.17, 15) is 17.6 Å². The molecule has 0 spiro atoms. The minimum Gasteiger partial charge on any atom is -0.322 e.